The maximum absolute atomic E-state index is 13.2. The Morgan fingerprint density at radius 1 is 0.946 bits per heavy atom. The fourth-order valence-corrected chi connectivity index (χ4v) is 5.83. The summed E-state index contributed by atoms with van der Waals surface area (Å²) in [6.07, 6.45) is 6.77. The molecule has 5 atom stereocenters. The Hall–Kier alpha value is -2.56. The molecule has 2 amide bonds. The Labute approximate surface area is 223 Å². The van der Waals surface area contributed by atoms with Gasteiger partial charge in [0.05, 0.1) is 12.2 Å². The number of benzene rings is 1. The van der Waals surface area contributed by atoms with Crippen LogP contribution in [0.15, 0.2) is 35.4 Å². The number of rotatable bonds is 12. The Morgan fingerprint density at radius 2 is 1.57 bits per heavy atom. The zero-order valence-electron chi connectivity index (χ0n) is 21.5. The molecule has 0 radical (unpaired) electrons. The number of hydrogen-bond donors (Lipinski definition) is 4. The molecule has 4 rings (SSSR count). The summed E-state index contributed by atoms with van der Waals surface area (Å²) in [5.41, 5.74) is 1.71. The predicted octanol–water partition coefficient (Wildman–Crippen LogP) is 3.39. The van der Waals surface area contributed by atoms with Crippen LogP contribution >= 0.6 is 12.2 Å². The van der Waals surface area contributed by atoms with Gasteiger partial charge in [0.25, 0.3) is 0 Å². The number of halogens is 1. The van der Waals surface area contributed by atoms with Crippen LogP contribution in [0, 0.1) is 17.7 Å². The molecule has 1 aliphatic heterocycles. The first-order valence-corrected chi connectivity index (χ1v) is 13.7. The zero-order chi connectivity index (χ0) is 26.4. The molecule has 37 heavy (non-hydrogen) atoms. The Bertz CT molecular complexity index is 1020. The maximum atomic E-state index is 13.2. The SMILES string of the molecule is CCCCCCCC1OC2C3CC(C(C(=O)NCCNC(=S)Nc4ccc(F)cc4)=C3C(=O)NC)C2O1. The predicted molar refractivity (Wildman–Crippen MR) is 143 cm³/mol. The molecule has 0 aromatic heterocycles. The van der Waals surface area contributed by atoms with E-state index >= 15 is 0 Å². The number of amides is 2. The van der Waals surface area contributed by atoms with Crippen molar-refractivity contribution >= 4 is 34.8 Å². The van der Waals surface area contributed by atoms with Crippen molar-refractivity contribution in [1.82, 2.24) is 16.0 Å². The van der Waals surface area contributed by atoms with Crippen LogP contribution in [-0.4, -0.2) is 55.6 Å². The van der Waals surface area contributed by atoms with E-state index in [9.17, 15) is 14.0 Å². The van der Waals surface area contributed by atoms with Crippen molar-refractivity contribution in [2.24, 2.45) is 11.8 Å². The number of carbonyl (C=O) groups excluding carboxylic acids is 2. The van der Waals surface area contributed by atoms with Crippen molar-refractivity contribution in [3.8, 4) is 0 Å². The minimum atomic E-state index is -0.322. The molecule has 4 N–H and O–H groups in total. The number of ether oxygens (including phenoxy) is 2. The highest BCUT2D eigenvalue weighted by atomic mass is 32.1. The van der Waals surface area contributed by atoms with Gasteiger partial charge >= 0.3 is 0 Å². The van der Waals surface area contributed by atoms with Gasteiger partial charge in [0.1, 0.15) is 5.82 Å². The quantitative estimate of drug-likeness (QED) is 0.242. The van der Waals surface area contributed by atoms with Gasteiger partial charge in [0, 0.05) is 48.8 Å². The highest BCUT2D eigenvalue weighted by Crippen LogP contribution is 2.54. The molecule has 1 saturated heterocycles. The first kappa shape index (κ1) is 27.5. The normalized spacial score (nSPS) is 25.6. The molecule has 2 fully saturated rings. The van der Waals surface area contributed by atoms with Crippen LogP contribution in [0.5, 0.6) is 0 Å². The Kier molecular flexibility index (Phi) is 9.50. The summed E-state index contributed by atoms with van der Waals surface area (Å²) >= 11 is 5.26. The molecule has 202 valence electrons. The van der Waals surface area contributed by atoms with Crippen molar-refractivity contribution in [1.29, 1.82) is 0 Å². The lowest BCUT2D eigenvalue weighted by atomic mass is 9.86. The number of fused-ring (bicyclic) bond motifs is 5. The minimum Gasteiger partial charge on any atom is -0.361 e. The van der Waals surface area contributed by atoms with Crippen molar-refractivity contribution in [3.05, 3.63) is 41.2 Å². The van der Waals surface area contributed by atoms with Crippen LogP contribution in [0.2, 0.25) is 0 Å². The van der Waals surface area contributed by atoms with E-state index in [4.69, 9.17) is 21.7 Å². The minimum absolute atomic E-state index is 0.133. The van der Waals surface area contributed by atoms with Gasteiger partial charge in [-0.05, 0) is 55.7 Å². The molecule has 2 bridgehead atoms. The second kappa shape index (κ2) is 12.8. The van der Waals surface area contributed by atoms with Crippen LogP contribution in [-0.2, 0) is 19.1 Å². The summed E-state index contributed by atoms with van der Waals surface area (Å²) in [4.78, 5) is 26.0. The third kappa shape index (κ3) is 6.48. The molecule has 1 aromatic carbocycles. The number of anilines is 1. The van der Waals surface area contributed by atoms with Gasteiger partial charge in [-0.15, -0.1) is 0 Å². The molecule has 5 unspecified atom stereocenters. The third-order valence-electron chi connectivity index (χ3n) is 7.33. The molecule has 10 heteroatoms. The summed E-state index contributed by atoms with van der Waals surface area (Å²) in [6, 6.07) is 5.87. The van der Waals surface area contributed by atoms with Gasteiger partial charge in [-0.1, -0.05) is 32.6 Å². The lowest BCUT2D eigenvalue weighted by Gasteiger charge is -2.26. The van der Waals surface area contributed by atoms with Gasteiger partial charge in [-0.25, -0.2) is 4.39 Å². The maximum Gasteiger partial charge on any atom is 0.248 e. The fourth-order valence-electron chi connectivity index (χ4n) is 5.61. The zero-order valence-corrected chi connectivity index (χ0v) is 22.3. The highest BCUT2D eigenvalue weighted by molar-refractivity contribution is 7.80. The van der Waals surface area contributed by atoms with Gasteiger partial charge in [0.2, 0.25) is 11.8 Å². The molecule has 1 heterocycles. The Balaban J connectivity index is 1.29. The average Bonchev–Trinajstić information content (AvgIpc) is 3.58. The molecular formula is C27H37FN4O4S. The summed E-state index contributed by atoms with van der Waals surface area (Å²) in [7, 11) is 1.58. The van der Waals surface area contributed by atoms with Crippen molar-refractivity contribution < 1.29 is 23.5 Å². The van der Waals surface area contributed by atoms with E-state index in [-0.39, 0.29) is 48.0 Å². The van der Waals surface area contributed by atoms with Crippen molar-refractivity contribution in [2.75, 3.05) is 25.5 Å². The van der Waals surface area contributed by atoms with Crippen LogP contribution in [0.4, 0.5) is 10.1 Å². The summed E-state index contributed by atoms with van der Waals surface area (Å²) in [6.45, 7) is 2.91. The molecule has 3 aliphatic rings. The standard InChI is InChI=1S/C27H37FN4O4S/c1-3-4-5-6-7-8-20-35-23-18-15-19(24(23)36-20)22(21(18)25(33)29-2)26(34)30-13-14-31-27(37)32-17-11-9-16(28)10-12-17/h9-12,18-20,23-24H,3-8,13-15H2,1-2H3,(H,29,33)(H,30,34)(H2,31,32,37). The number of unbranched alkanes of at least 4 members (excludes halogenated alkanes) is 4. The summed E-state index contributed by atoms with van der Waals surface area (Å²) in [5, 5.41) is 12.0. The summed E-state index contributed by atoms with van der Waals surface area (Å²) in [5.74, 6) is -1.09. The number of thiocarbonyl (C=S) groups is 1. The number of hydrogen-bond acceptors (Lipinski definition) is 5. The fraction of sp³-hybridized carbons (Fsp3) is 0.593. The monoisotopic (exact) mass is 532 g/mol. The smallest absolute Gasteiger partial charge is 0.248 e. The first-order chi connectivity index (χ1) is 17.9. The van der Waals surface area contributed by atoms with E-state index in [1.165, 1.54) is 31.4 Å². The van der Waals surface area contributed by atoms with E-state index in [1.807, 2.05) is 0 Å². The van der Waals surface area contributed by atoms with Gasteiger partial charge in [0.15, 0.2) is 11.4 Å². The van der Waals surface area contributed by atoms with E-state index in [0.29, 0.717) is 41.5 Å². The molecule has 2 aliphatic carbocycles. The largest absolute Gasteiger partial charge is 0.361 e. The second-order valence-corrected chi connectivity index (χ2v) is 10.2. The topological polar surface area (TPSA) is 101 Å². The van der Waals surface area contributed by atoms with E-state index < -0.39 is 0 Å². The van der Waals surface area contributed by atoms with Crippen molar-refractivity contribution in [3.63, 3.8) is 0 Å². The number of nitrogens with one attached hydrogen (secondary N) is 4. The average molecular weight is 533 g/mol. The van der Waals surface area contributed by atoms with E-state index in [0.717, 1.165) is 19.3 Å². The van der Waals surface area contributed by atoms with Gasteiger partial charge < -0.3 is 30.7 Å². The van der Waals surface area contributed by atoms with Crippen LogP contribution in [0.1, 0.15) is 51.9 Å². The van der Waals surface area contributed by atoms with E-state index in [1.54, 1.807) is 19.2 Å². The lowest BCUT2D eigenvalue weighted by molar-refractivity contribution is -0.121. The third-order valence-corrected chi connectivity index (χ3v) is 7.58. The van der Waals surface area contributed by atoms with Crippen molar-refractivity contribution in [2.45, 2.75) is 70.4 Å². The second-order valence-electron chi connectivity index (χ2n) is 9.83. The van der Waals surface area contributed by atoms with Gasteiger partial charge in [-0.2, -0.15) is 0 Å². The molecule has 0 spiro atoms. The number of likely N-dealkylation sites (N-methyl/N-ethyl adjacent to an activating group) is 1. The number of carbonyl (C=O) groups is 2. The molecular weight excluding hydrogens is 495 g/mol. The van der Waals surface area contributed by atoms with Gasteiger partial charge in [-0.3, -0.25) is 9.59 Å². The molecule has 8 nitrogen and oxygen atoms in total. The van der Waals surface area contributed by atoms with Crippen LogP contribution in [0.25, 0.3) is 0 Å². The molecule has 1 saturated carbocycles. The Morgan fingerprint density at radius 3 is 2.22 bits per heavy atom. The van der Waals surface area contributed by atoms with E-state index in [2.05, 4.69) is 28.2 Å². The van der Waals surface area contributed by atoms with Crippen LogP contribution in [0.3, 0.4) is 0 Å². The van der Waals surface area contributed by atoms with Crippen LogP contribution < -0.4 is 21.3 Å². The highest BCUT2D eigenvalue weighted by Gasteiger charge is 2.60. The lowest BCUT2D eigenvalue weighted by Crippen LogP contribution is -2.42. The molecule has 1 aromatic rings. The first-order valence-electron chi connectivity index (χ1n) is 13.3. The summed E-state index contributed by atoms with van der Waals surface area (Å²) < 4.78 is 25.5.